The Bertz CT molecular complexity index is 622. The molecule has 1 unspecified atom stereocenters. The fourth-order valence-corrected chi connectivity index (χ4v) is 3.12. The molecule has 0 fully saturated rings. The van der Waals surface area contributed by atoms with Gasteiger partial charge in [0.25, 0.3) is 0 Å². The molecule has 0 aliphatic carbocycles. The average molecular weight is 378 g/mol. The highest BCUT2D eigenvalue weighted by molar-refractivity contribution is 9.10. The first kappa shape index (κ1) is 15.7. The lowest BCUT2D eigenvalue weighted by Gasteiger charge is -2.19. The molecular formula is C14H12BrCl2FN2. The summed E-state index contributed by atoms with van der Waals surface area (Å²) in [5.41, 5.74) is 4.34. The first-order chi connectivity index (χ1) is 9.51. The Morgan fingerprint density at radius 1 is 1.20 bits per heavy atom. The Hall–Kier alpha value is -0.650. The van der Waals surface area contributed by atoms with E-state index in [9.17, 15) is 4.39 Å². The first-order valence-electron chi connectivity index (χ1n) is 5.86. The molecule has 0 bridgehead atoms. The minimum absolute atomic E-state index is 0.207. The van der Waals surface area contributed by atoms with Crippen LogP contribution >= 0.6 is 39.1 Å². The van der Waals surface area contributed by atoms with Crippen LogP contribution in [0.15, 0.2) is 40.9 Å². The van der Waals surface area contributed by atoms with E-state index in [1.54, 1.807) is 12.1 Å². The lowest BCUT2D eigenvalue weighted by molar-refractivity contribution is 0.547. The molecule has 106 valence electrons. The smallest absolute Gasteiger partial charge is 0.123 e. The number of hydrogen-bond acceptors (Lipinski definition) is 2. The van der Waals surface area contributed by atoms with Crippen molar-refractivity contribution in [2.75, 3.05) is 0 Å². The van der Waals surface area contributed by atoms with Gasteiger partial charge in [-0.1, -0.05) is 45.2 Å². The molecule has 0 heterocycles. The second kappa shape index (κ2) is 6.87. The molecule has 0 aliphatic rings. The van der Waals surface area contributed by atoms with E-state index in [-0.39, 0.29) is 11.9 Å². The molecule has 2 aromatic rings. The zero-order valence-electron chi connectivity index (χ0n) is 10.3. The zero-order valence-corrected chi connectivity index (χ0v) is 13.4. The standard InChI is InChI=1S/C14H12BrCl2FN2/c15-12-7-9(16)1-3-11(12)14(20-19)6-8-5-10(18)2-4-13(8)17/h1-5,7,14,20H,6,19H2. The van der Waals surface area contributed by atoms with Crippen molar-refractivity contribution in [3.8, 4) is 0 Å². The van der Waals surface area contributed by atoms with Crippen LogP contribution in [0.4, 0.5) is 4.39 Å². The Kier molecular flexibility index (Phi) is 5.41. The van der Waals surface area contributed by atoms with Crippen molar-refractivity contribution in [1.82, 2.24) is 5.43 Å². The van der Waals surface area contributed by atoms with Gasteiger partial charge in [0, 0.05) is 14.5 Å². The summed E-state index contributed by atoms with van der Waals surface area (Å²) >= 11 is 15.4. The van der Waals surface area contributed by atoms with Crippen LogP contribution in [0.1, 0.15) is 17.2 Å². The topological polar surface area (TPSA) is 38.0 Å². The molecular weight excluding hydrogens is 366 g/mol. The number of nitrogens with two attached hydrogens (primary N) is 1. The van der Waals surface area contributed by atoms with Gasteiger partial charge in [0.15, 0.2) is 0 Å². The predicted molar refractivity (Wildman–Crippen MR) is 84.3 cm³/mol. The summed E-state index contributed by atoms with van der Waals surface area (Å²) in [6.07, 6.45) is 0.466. The minimum atomic E-state index is -0.324. The van der Waals surface area contributed by atoms with Crippen LogP contribution in [0.3, 0.4) is 0 Å². The number of rotatable bonds is 4. The maximum absolute atomic E-state index is 13.3. The van der Waals surface area contributed by atoms with E-state index in [0.717, 1.165) is 10.0 Å². The molecule has 3 N–H and O–H groups in total. The lowest BCUT2D eigenvalue weighted by atomic mass is 9.99. The second-order valence-corrected chi connectivity index (χ2v) is 6.02. The molecule has 1 atom stereocenters. The van der Waals surface area contributed by atoms with E-state index < -0.39 is 0 Å². The molecule has 2 aromatic carbocycles. The van der Waals surface area contributed by atoms with Crippen LogP contribution in [0, 0.1) is 5.82 Å². The molecule has 0 aromatic heterocycles. The van der Waals surface area contributed by atoms with Crippen LogP contribution in [0.5, 0.6) is 0 Å². The maximum Gasteiger partial charge on any atom is 0.123 e. The molecule has 2 rings (SSSR count). The van der Waals surface area contributed by atoms with Gasteiger partial charge in [-0.2, -0.15) is 0 Å². The van der Waals surface area contributed by atoms with E-state index in [1.807, 2.05) is 6.07 Å². The van der Waals surface area contributed by atoms with Crippen LogP contribution in [0.25, 0.3) is 0 Å². The number of hydrazine groups is 1. The van der Waals surface area contributed by atoms with Crippen molar-refractivity contribution < 1.29 is 4.39 Å². The maximum atomic E-state index is 13.3. The fourth-order valence-electron chi connectivity index (χ4n) is 1.96. The molecule has 0 saturated carbocycles. The average Bonchev–Trinajstić information content (AvgIpc) is 2.40. The van der Waals surface area contributed by atoms with Gasteiger partial charge >= 0.3 is 0 Å². The molecule has 0 amide bonds. The molecule has 0 saturated heterocycles. The van der Waals surface area contributed by atoms with Crippen LogP contribution in [-0.2, 0) is 6.42 Å². The van der Waals surface area contributed by atoms with Crippen molar-refractivity contribution >= 4 is 39.1 Å². The summed E-state index contributed by atoms with van der Waals surface area (Å²) in [5.74, 6) is 5.28. The summed E-state index contributed by atoms with van der Waals surface area (Å²) in [6, 6.07) is 9.50. The molecule has 0 aliphatic heterocycles. The number of hydrogen-bond donors (Lipinski definition) is 2. The van der Waals surface area contributed by atoms with E-state index in [2.05, 4.69) is 21.4 Å². The van der Waals surface area contributed by atoms with Gasteiger partial charge < -0.3 is 0 Å². The summed E-state index contributed by atoms with van der Waals surface area (Å²) in [4.78, 5) is 0. The normalized spacial score (nSPS) is 12.4. The van der Waals surface area contributed by atoms with Gasteiger partial charge in [0.05, 0.1) is 6.04 Å². The number of halogens is 4. The Morgan fingerprint density at radius 2 is 1.95 bits per heavy atom. The Labute approximate surface area is 135 Å². The monoisotopic (exact) mass is 376 g/mol. The zero-order chi connectivity index (χ0) is 14.7. The highest BCUT2D eigenvalue weighted by atomic mass is 79.9. The SMILES string of the molecule is NNC(Cc1cc(F)ccc1Cl)c1ccc(Cl)cc1Br. The largest absolute Gasteiger partial charge is 0.271 e. The van der Waals surface area contributed by atoms with Gasteiger partial charge in [-0.15, -0.1) is 0 Å². The van der Waals surface area contributed by atoms with Crippen LogP contribution in [-0.4, -0.2) is 0 Å². The molecule has 0 spiro atoms. The molecule has 2 nitrogen and oxygen atoms in total. The van der Waals surface area contributed by atoms with Crippen molar-refractivity contribution in [1.29, 1.82) is 0 Å². The lowest BCUT2D eigenvalue weighted by Crippen LogP contribution is -2.30. The third kappa shape index (κ3) is 3.71. The summed E-state index contributed by atoms with van der Waals surface area (Å²) < 4.78 is 14.1. The van der Waals surface area contributed by atoms with Crippen molar-refractivity contribution in [3.63, 3.8) is 0 Å². The van der Waals surface area contributed by atoms with E-state index >= 15 is 0 Å². The van der Waals surface area contributed by atoms with Crippen molar-refractivity contribution in [2.45, 2.75) is 12.5 Å². The van der Waals surface area contributed by atoms with E-state index in [4.69, 9.17) is 29.0 Å². The highest BCUT2D eigenvalue weighted by Gasteiger charge is 2.16. The second-order valence-electron chi connectivity index (χ2n) is 4.32. The summed E-state index contributed by atoms with van der Waals surface area (Å²) in [5, 5.41) is 1.14. The predicted octanol–water partition coefficient (Wildman–Crippen LogP) is 4.64. The van der Waals surface area contributed by atoms with E-state index in [0.29, 0.717) is 22.0 Å². The summed E-state index contributed by atoms with van der Waals surface area (Å²) in [6.45, 7) is 0. The van der Waals surface area contributed by atoms with Gasteiger partial charge in [-0.05, 0) is 47.9 Å². The molecule has 6 heteroatoms. The number of nitrogens with one attached hydrogen (secondary N) is 1. The van der Waals surface area contributed by atoms with Crippen molar-refractivity contribution in [3.05, 3.63) is 67.9 Å². The van der Waals surface area contributed by atoms with Gasteiger partial charge in [-0.3, -0.25) is 11.3 Å². The minimum Gasteiger partial charge on any atom is -0.271 e. The molecule has 20 heavy (non-hydrogen) atoms. The number of benzene rings is 2. The third-order valence-corrected chi connectivity index (χ3v) is 4.26. The van der Waals surface area contributed by atoms with Crippen molar-refractivity contribution in [2.24, 2.45) is 5.84 Å². The van der Waals surface area contributed by atoms with Crippen LogP contribution < -0.4 is 11.3 Å². The highest BCUT2D eigenvalue weighted by Crippen LogP contribution is 2.30. The molecule has 0 radical (unpaired) electrons. The first-order valence-corrected chi connectivity index (χ1v) is 7.41. The Balaban J connectivity index is 2.31. The van der Waals surface area contributed by atoms with Gasteiger partial charge in [0.1, 0.15) is 5.82 Å². The van der Waals surface area contributed by atoms with Gasteiger partial charge in [0.2, 0.25) is 0 Å². The Morgan fingerprint density at radius 3 is 2.60 bits per heavy atom. The fraction of sp³-hybridized carbons (Fsp3) is 0.143. The van der Waals surface area contributed by atoms with Gasteiger partial charge in [-0.25, -0.2) is 4.39 Å². The third-order valence-electron chi connectivity index (χ3n) is 2.97. The quantitative estimate of drug-likeness (QED) is 0.601. The van der Waals surface area contributed by atoms with Crippen LogP contribution in [0.2, 0.25) is 10.0 Å². The summed E-state index contributed by atoms with van der Waals surface area (Å²) in [7, 11) is 0. The van der Waals surface area contributed by atoms with E-state index in [1.165, 1.54) is 18.2 Å².